The number of carbonyl (C=O) groups excluding carboxylic acids is 2. The number of esters is 2. The highest BCUT2D eigenvalue weighted by Gasteiger charge is 2.27. The van der Waals surface area contributed by atoms with Crippen LogP contribution in [0.5, 0.6) is 0 Å². The van der Waals surface area contributed by atoms with Crippen molar-refractivity contribution < 1.29 is 33.0 Å². The molecule has 3 rings (SSSR count). The number of unbranched alkanes of at least 4 members (excludes halogenated alkanes) is 17. The Kier molecular flexibility index (Phi) is 22.6. The Balaban J connectivity index is 1.57. The highest BCUT2D eigenvalue weighted by Crippen LogP contribution is 2.43. The normalized spacial score (nSPS) is 13.3. The van der Waals surface area contributed by atoms with Crippen molar-refractivity contribution in [2.45, 2.75) is 181 Å². The van der Waals surface area contributed by atoms with E-state index < -0.39 is 19.7 Å². The maximum Gasteiger partial charge on any atom is 0.330 e. The van der Waals surface area contributed by atoms with Gasteiger partial charge in [-0.2, -0.15) is 0 Å². The molecule has 0 radical (unpaired) electrons. The SMILES string of the molecule is CCCCCCCCCCCC(=O)OC[C@H](COP(=O)(O)CCn1c(CCCC)nc2c(N)nc3ccccc3c21)OC(=O)CCCCCCCCCCC. The minimum Gasteiger partial charge on any atom is -0.462 e. The lowest BCUT2D eigenvalue weighted by Gasteiger charge is -2.21. The van der Waals surface area contributed by atoms with Crippen molar-refractivity contribution in [3.8, 4) is 0 Å². The summed E-state index contributed by atoms with van der Waals surface area (Å²) in [6.07, 6.45) is 22.2. The van der Waals surface area contributed by atoms with Crippen molar-refractivity contribution >= 4 is 47.3 Å². The first-order chi connectivity index (χ1) is 26.7. The van der Waals surface area contributed by atoms with E-state index in [2.05, 4.69) is 25.8 Å². The average molecular weight is 787 g/mol. The summed E-state index contributed by atoms with van der Waals surface area (Å²) in [5.74, 6) is 0.280. The Morgan fingerprint density at radius 1 is 0.745 bits per heavy atom. The van der Waals surface area contributed by atoms with Crippen LogP contribution in [0.3, 0.4) is 0 Å². The Morgan fingerprint density at radius 3 is 1.89 bits per heavy atom. The van der Waals surface area contributed by atoms with E-state index in [1.807, 2.05) is 28.8 Å². The van der Waals surface area contributed by atoms with Gasteiger partial charge in [0, 0.05) is 31.2 Å². The van der Waals surface area contributed by atoms with Crippen LogP contribution in [0.25, 0.3) is 21.9 Å². The fraction of sp³-hybridized carbons (Fsp3) is 0.721. The molecule has 2 aromatic heterocycles. The molecule has 0 aliphatic carbocycles. The number of pyridine rings is 1. The lowest BCUT2D eigenvalue weighted by Crippen LogP contribution is -2.29. The van der Waals surface area contributed by atoms with Crippen LogP contribution < -0.4 is 5.73 Å². The predicted octanol–water partition coefficient (Wildman–Crippen LogP) is 11.0. The molecule has 0 saturated carbocycles. The van der Waals surface area contributed by atoms with E-state index in [9.17, 15) is 19.0 Å². The number of rotatable bonds is 32. The number of anilines is 1. The summed E-state index contributed by atoms with van der Waals surface area (Å²) in [5.41, 5.74) is 8.40. The molecule has 11 nitrogen and oxygen atoms in total. The number of para-hydroxylation sites is 1. The van der Waals surface area contributed by atoms with Crippen LogP contribution in [0.4, 0.5) is 5.82 Å². The molecule has 12 heteroatoms. The second-order valence-corrected chi connectivity index (χ2v) is 17.1. The standard InChI is InChI=1S/C43H71N4O7P/c1-4-7-10-12-14-16-18-20-22-29-39(48)52-33-35(54-40(49)30-23-21-19-17-15-13-11-8-5-2)34-53-55(50,51)32-31-47-38(28-9-6-3)46-41-42(47)36-26-24-25-27-37(36)45-43(41)44/h24-27,35H,4-23,28-34H2,1-3H3,(H2,44,45)(H,50,51)/t35-/m1/s1. The topological polar surface area (TPSA) is 156 Å². The Labute approximate surface area is 330 Å². The lowest BCUT2D eigenvalue weighted by atomic mass is 10.1. The van der Waals surface area contributed by atoms with E-state index in [4.69, 9.17) is 24.7 Å². The zero-order chi connectivity index (χ0) is 39.7. The molecule has 3 aromatic rings. The van der Waals surface area contributed by atoms with E-state index in [1.54, 1.807) is 0 Å². The number of fused-ring (bicyclic) bond motifs is 3. The highest BCUT2D eigenvalue weighted by atomic mass is 31.2. The number of carbonyl (C=O) groups is 2. The van der Waals surface area contributed by atoms with Crippen molar-refractivity contribution in [2.75, 3.05) is 25.1 Å². The largest absolute Gasteiger partial charge is 0.462 e. The molecule has 0 spiro atoms. The van der Waals surface area contributed by atoms with Gasteiger partial charge < -0.3 is 29.2 Å². The Bertz CT molecular complexity index is 1600. The number of benzene rings is 1. The van der Waals surface area contributed by atoms with Gasteiger partial charge in [0.15, 0.2) is 11.9 Å². The van der Waals surface area contributed by atoms with Crippen LogP contribution >= 0.6 is 7.60 Å². The van der Waals surface area contributed by atoms with Crippen molar-refractivity contribution in [3.05, 3.63) is 30.1 Å². The van der Waals surface area contributed by atoms with Crippen LogP contribution in [0.15, 0.2) is 24.3 Å². The summed E-state index contributed by atoms with van der Waals surface area (Å²) in [6, 6.07) is 7.65. The molecule has 0 fully saturated rings. The van der Waals surface area contributed by atoms with Gasteiger partial charge in [-0.15, -0.1) is 0 Å². The number of nitrogens with two attached hydrogens (primary N) is 1. The average Bonchev–Trinajstić information content (AvgIpc) is 3.55. The second-order valence-electron chi connectivity index (χ2n) is 15.1. The quantitative estimate of drug-likeness (QED) is 0.0355. The molecule has 1 unspecified atom stereocenters. The molecule has 310 valence electrons. The number of nitrogen functional groups attached to an aromatic ring is 1. The highest BCUT2D eigenvalue weighted by molar-refractivity contribution is 7.52. The molecule has 2 heterocycles. The maximum atomic E-state index is 13.5. The summed E-state index contributed by atoms with van der Waals surface area (Å²) >= 11 is 0. The van der Waals surface area contributed by atoms with E-state index >= 15 is 0 Å². The molecular formula is C43H71N4O7P. The van der Waals surface area contributed by atoms with Crippen LogP contribution in [0.2, 0.25) is 0 Å². The Morgan fingerprint density at radius 2 is 1.29 bits per heavy atom. The van der Waals surface area contributed by atoms with E-state index in [1.165, 1.54) is 70.6 Å². The zero-order valence-electron chi connectivity index (χ0n) is 34.2. The summed E-state index contributed by atoms with van der Waals surface area (Å²) in [4.78, 5) is 45.9. The monoisotopic (exact) mass is 787 g/mol. The number of hydrogen-bond donors (Lipinski definition) is 2. The number of hydrogen-bond acceptors (Lipinski definition) is 9. The maximum absolute atomic E-state index is 13.5. The number of ether oxygens (including phenoxy) is 2. The van der Waals surface area contributed by atoms with Crippen molar-refractivity contribution in [1.82, 2.24) is 14.5 Å². The summed E-state index contributed by atoms with van der Waals surface area (Å²) in [7, 11) is -4.18. The third-order valence-electron chi connectivity index (χ3n) is 10.2. The molecule has 3 N–H and O–H groups in total. The molecule has 2 atom stereocenters. The number of nitrogens with zero attached hydrogens (tertiary/aromatic N) is 3. The first-order valence-corrected chi connectivity index (χ1v) is 23.3. The first-order valence-electron chi connectivity index (χ1n) is 21.5. The van der Waals surface area contributed by atoms with Gasteiger partial charge in [-0.25, -0.2) is 9.97 Å². The minimum absolute atomic E-state index is 0.160. The molecule has 1 aromatic carbocycles. The fourth-order valence-electron chi connectivity index (χ4n) is 6.94. The van der Waals surface area contributed by atoms with Gasteiger partial charge in [0.2, 0.25) is 0 Å². The van der Waals surface area contributed by atoms with Gasteiger partial charge in [0.1, 0.15) is 17.9 Å². The molecule has 0 aliphatic rings. The Hall–Kier alpha value is -3.01. The predicted molar refractivity (Wildman–Crippen MR) is 223 cm³/mol. The lowest BCUT2D eigenvalue weighted by molar-refractivity contribution is -0.161. The van der Waals surface area contributed by atoms with Crippen LogP contribution in [-0.4, -0.2) is 56.8 Å². The third kappa shape index (κ3) is 17.8. The summed E-state index contributed by atoms with van der Waals surface area (Å²) in [5, 5.41) is 0.860. The van der Waals surface area contributed by atoms with Gasteiger partial charge in [0.05, 0.1) is 23.8 Å². The summed E-state index contributed by atoms with van der Waals surface area (Å²) in [6.45, 7) is 6.09. The molecule has 0 amide bonds. The van der Waals surface area contributed by atoms with Crippen LogP contribution in [0.1, 0.15) is 168 Å². The second kappa shape index (κ2) is 26.8. The number of aromatic nitrogens is 3. The number of aryl methyl sites for hydroxylation is 2. The molecule has 0 bridgehead atoms. The fourth-order valence-corrected chi connectivity index (χ4v) is 7.92. The molecule has 55 heavy (non-hydrogen) atoms. The zero-order valence-corrected chi connectivity index (χ0v) is 35.1. The van der Waals surface area contributed by atoms with Gasteiger partial charge in [-0.3, -0.25) is 14.2 Å². The van der Waals surface area contributed by atoms with Crippen LogP contribution in [0, 0.1) is 0 Å². The smallest absolute Gasteiger partial charge is 0.330 e. The van der Waals surface area contributed by atoms with Crippen LogP contribution in [-0.2, 0) is 41.1 Å². The first kappa shape index (κ1) is 46.4. The van der Waals surface area contributed by atoms with E-state index in [-0.39, 0.29) is 44.7 Å². The van der Waals surface area contributed by atoms with E-state index in [0.717, 1.165) is 73.6 Å². The van der Waals surface area contributed by atoms with Crippen molar-refractivity contribution in [1.29, 1.82) is 0 Å². The van der Waals surface area contributed by atoms with Crippen molar-refractivity contribution in [3.63, 3.8) is 0 Å². The van der Waals surface area contributed by atoms with Gasteiger partial charge in [-0.1, -0.05) is 148 Å². The molecular weight excluding hydrogens is 715 g/mol. The van der Waals surface area contributed by atoms with Crippen molar-refractivity contribution in [2.24, 2.45) is 0 Å². The molecule has 0 aliphatic heterocycles. The molecule has 0 saturated heterocycles. The van der Waals surface area contributed by atoms with E-state index in [0.29, 0.717) is 24.2 Å². The van der Waals surface area contributed by atoms with Gasteiger partial charge in [0.25, 0.3) is 0 Å². The summed E-state index contributed by atoms with van der Waals surface area (Å²) < 4.78 is 32.3. The van der Waals surface area contributed by atoms with Gasteiger partial charge >= 0.3 is 19.5 Å². The number of imidazole rings is 1. The third-order valence-corrected chi connectivity index (χ3v) is 11.5. The van der Waals surface area contributed by atoms with Gasteiger partial charge in [-0.05, 0) is 25.3 Å². The minimum atomic E-state index is -4.18.